The molecule has 2 rings (SSSR count). The molecular weight excluding hydrogens is 244 g/mol. The van der Waals surface area contributed by atoms with Crippen molar-refractivity contribution < 1.29 is 14.6 Å². The van der Waals surface area contributed by atoms with Crippen LogP contribution in [0.4, 0.5) is 0 Å². The topological polar surface area (TPSA) is 45.2 Å². The van der Waals surface area contributed by atoms with Crippen molar-refractivity contribution in [3.63, 3.8) is 0 Å². The molecule has 0 saturated carbocycles. The maximum atomic E-state index is 9.77. The minimum atomic E-state index is -0.0756. The Morgan fingerprint density at radius 2 is 2.00 bits per heavy atom. The first kappa shape index (κ1) is 15.2. The quantitative estimate of drug-likeness (QED) is 0.773. The average Bonchev–Trinajstić information content (AvgIpc) is 2.46. The van der Waals surface area contributed by atoms with E-state index in [2.05, 4.69) is 23.8 Å². The lowest BCUT2D eigenvalue weighted by Crippen LogP contribution is -2.56. The largest absolute Gasteiger partial charge is 0.394 e. The van der Waals surface area contributed by atoms with Gasteiger partial charge in [0.1, 0.15) is 0 Å². The van der Waals surface area contributed by atoms with Gasteiger partial charge in [-0.15, -0.1) is 0 Å². The summed E-state index contributed by atoms with van der Waals surface area (Å²) in [4.78, 5) is 4.81. The molecule has 5 nitrogen and oxygen atoms in total. The fraction of sp³-hybridized carbons (Fsp3) is 1.00. The first-order valence-corrected chi connectivity index (χ1v) is 7.39. The Labute approximate surface area is 116 Å². The van der Waals surface area contributed by atoms with Crippen LogP contribution >= 0.6 is 0 Å². The molecule has 1 N–H and O–H groups in total. The monoisotopic (exact) mass is 272 g/mol. The molecule has 1 unspecified atom stereocenters. The molecule has 5 heteroatoms. The van der Waals surface area contributed by atoms with Crippen LogP contribution in [0.25, 0.3) is 0 Å². The van der Waals surface area contributed by atoms with Crippen LogP contribution in [0, 0.1) is 0 Å². The summed E-state index contributed by atoms with van der Waals surface area (Å²) in [5, 5.41) is 9.77. The number of aliphatic hydroxyl groups is 1. The molecule has 0 aliphatic carbocycles. The van der Waals surface area contributed by atoms with Crippen LogP contribution in [0.15, 0.2) is 0 Å². The van der Waals surface area contributed by atoms with Gasteiger partial charge in [0.15, 0.2) is 0 Å². The Morgan fingerprint density at radius 3 is 2.63 bits per heavy atom. The third-order valence-corrected chi connectivity index (χ3v) is 4.76. The zero-order valence-corrected chi connectivity index (χ0v) is 12.3. The number of aliphatic hydroxyl groups excluding tert-OH is 1. The molecule has 0 aromatic heterocycles. The van der Waals surface area contributed by atoms with Crippen molar-refractivity contribution in [1.29, 1.82) is 0 Å². The lowest BCUT2D eigenvalue weighted by atomic mass is 9.89. The molecule has 2 aliphatic heterocycles. The fourth-order valence-electron chi connectivity index (χ4n) is 3.02. The van der Waals surface area contributed by atoms with Crippen LogP contribution in [0.3, 0.4) is 0 Å². The second-order valence-electron chi connectivity index (χ2n) is 5.88. The van der Waals surface area contributed by atoms with E-state index in [1.165, 1.54) is 0 Å². The van der Waals surface area contributed by atoms with Crippen LogP contribution < -0.4 is 0 Å². The summed E-state index contributed by atoms with van der Waals surface area (Å²) in [5.41, 5.74) is -0.0756. The van der Waals surface area contributed by atoms with Crippen molar-refractivity contribution in [2.45, 2.75) is 31.3 Å². The number of hydrogen-bond acceptors (Lipinski definition) is 5. The highest BCUT2D eigenvalue weighted by Crippen LogP contribution is 2.26. The van der Waals surface area contributed by atoms with Crippen molar-refractivity contribution in [2.24, 2.45) is 0 Å². The Hall–Kier alpha value is -0.200. The normalized spacial score (nSPS) is 28.7. The van der Waals surface area contributed by atoms with Gasteiger partial charge in [0, 0.05) is 44.4 Å². The van der Waals surface area contributed by atoms with Crippen molar-refractivity contribution in [2.75, 3.05) is 59.7 Å². The van der Waals surface area contributed by atoms with Gasteiger partial charge in [-0.1, -0.05) is 0 Å². The summed E-state index contributed by atoms with van der Waals surface area (Å²) >= 11 is 0. The molecule has 0 bridgehead atoms. The minimum Gasteiger partial charge on any atom is -0.394 e. The first-order valence-electron chi connectivity index (χ1n) is 7.39. The van der Waals surface area contributed by atoms with Gasteiger partial charge in [-0.3, -0.25) is 9.80 Å². The fourth-order valence-corrected chi connectivity index (χ4v) is 3.02. The van der Waals surface area contributed by atoms with Crippen molar-refractivity contribution in [3.05, 3.63) is 0 Å². The van der Waals surface area contributed by atoms with Crippen LogP contribution in [-0.4, -0.2) is 86.2 Å². The van der Waals surface area contributed by atoms with E-state index >= 15 is 0 Å². The second-order valence-corrected chi connectivity index (χ2v) is 5.88. The van der Waals surface area contributed by atoms with E-state index in [0.717, 1.165) is 58.9 Å². The summed E-state index contributed by atoms with van der Waals surface area (Å²) < 4.78 is 10.9. The highest BCUT2D eigenvalue weighted by molar-refractivity contribution is 4.91. The number of nitrogens with zero attached hydrogens (tertiary/aromatic N) is 2. The van der Waals surface area contributed by atoms with Gasteiger partial charge in [0.25, 0.3) is 0 Å². The summed E-state index contributed by atoms with van der Waals surface area (Å²) in [6.07, 6.45) is 1.86. The van der Waals surface area contributed by atoms with E-state index in [4.69, 9.17) is 9.47 Å². The Kier molecular flexibility index (Phi) is 5.59. The van der Waals surface area contributed by atoms with Crippen LogP contribution in [0.2, 0.25) is 0 Å². The average molecular weight is 272 g/mol. The van der Waals surface area contributed by atoms with Gasteiger partial charge in [-0.2, -0.15) is 0 Å². The highest BCUT2D eigenvalue weighted by Gasteiger charge is 2.36. The summed E-state index contributed by atoms with van der Waals surface area (Å²) in [6.45, 7) is 8.70. The number of morpholine rings is 1. The number of hydrogen-bond donors (Lipinski definition) is 1. The van der Waals surface area contributed by atoms with Gasteiger partial charge >= 0.3 is 0 Å². The van der Waals surface area contributed by atoms with Gasteiger partial charge in [0.2, 0.25) is 0 Å². The van der Waals surface area contributed by atoms with Crippen LogP contribution in [-0.2, 0) is 9.47 Å². The molecule has 1 atom stereocenters. The maximum absolute atomic E-state index is 9.77. The molecule has 0 aromatic rings. The van der Waals surface area contributed by atoms with Crippen molar-refractivity contribution in [3.8, 4) is 0 Å². The van der Waals surface area contributed by atoms with E-state index in [1.807, 2.05) is 0 Å². The lowest BCUT2D eigenvalue weighted by molar-refractivity contribution is -0.0551. The number of likely N-dealkylation sites (N-methyl/N-ethyl adjacent to an activating group) is 1. The van der Waals surface area contributed by atoms with E-state index in [9.17, 15) is 5.11 Å². The van der Waals surface area contributed by atoms with E-state index < -0.39 is 0 Å². The molecule has 0 aromatic carbocycles. The standard InChI is InChI=1S/C14H28N2O3/c1-13-11-19-10-7-16(13)6-5-15(2)14(12-17)3-8-18-9-4-14/h13,17H,3-12H2,1-2H3. The van der Waals surface area contributed by atoms with Gasteiger partial charge in [-0.25, -0.2) is 0 Å². The molecule has 2 aliphatic rings. The smallest absolute Gasteiger partial charge is 0.0619 e. The Morgan fingerprint density at radius 1 is 1.26 bits per heavy atom. The molecule has 2 fully saturated rings. The third kappa shape index (κ3) is 3.67. The molecule has 0 amide bonds. The van der Waals surface area contributed by atoms with E-state index in [-0.39, 0.29) is 12.1 Å². The number of rotatable bonds is 5. The molecule has 19 heavy (non-hydrogen) atoms. The lowest BCUT2D eigenvalue weighted by Gasteiger charge is -2.44. The minimum absolute atomic E-state index is 0.0756. The first-order chi connectivity index (χ1) is 9.18. The van der Waals surface area contributed by atoms with Crippen LogP contribution in [0.5, 0.6) is 0 Å². The van der Waals surface area contributed by atoms with Crippen LogP contribution in [0.1, 0.15) is 19.8 Å². The molecule has 0 spiro atoms. The zero-order chi connectivity index (χ0) is 13.7. The zero-order valence-electron chi connectivity index (χ0n) is 12.3. The Bertz CT molecular complexity index is 269. The molecular formula is C14H28N2O3. The summed E-state index contributed by atoms with van der Waals surface area (Å²) in [6, 6.07) is 0.502. The molecule has 0 radical (unpaired) electrons. The Balaban J connectivity index is 1.83. The predicted molar refractivity (Wildman–Crippen MR) is 74.4 cm³/mol. The number of ether oxygens (including phenoxy) is 2. The van der Waals surface area contributed by atoms with Gasteiger partial charge < -0.3 is 14.6 Å². The predicted octanol–water partition coefficient (Wildman–Crippen LogP) is 0.180. The second kappa shape index (κ2) is 6.99. The molecule has 2 heterocycles. The maximum Gasteiger partial charge on any atom is 0.0619 e. The van der Waals surface area contributed by atoms with E-state index in [1.54, 1.807) is 0 Å². The van der Waals surface area contributed by atoms with Gasteiger partial charge in [-0.05, 0) is 26.8 Å². The highest BCUT2D eigenvalue weighted by atomic mass is 16.5. The SMILES string of the molecule is CC1COCCN1CCN(C)C1(CO)CCOCC1. The third-order valence-electron chi connectivity index (χ3n) is 4.76. The summed E-state index contributed by atoms with van der Waals surface area (Å²) in [5.74, 6) is 0. The molecule has 2 saturated heterocycles. The van der Waals surface area contributed by atoms with Gasteiger partial charge in [0.05, 0.1) is 19.8 Å². The van der Waals surface area contributed by atoms with Crippen molar-refractivity contribution >= 4 is 0 Å². The molecule has 112 valence electrons. The van der Waals surface area contributed by atoms with Crippen molar-refractivity contribution in [1.82, 2.24) is 9.80 Å². The van der Waals surface area contributed by atoms with E-state index in [0.29, 0.717) is 6.04 Å². The summed E-state index contributed by atoms with van der Waals surface area (Å²) in [7, 11) is 2.13.